The molecule has 28 heteroatoms. The maximum atomic E-state index is 14.0. The Morgan fingerprint density at radius 3 is 1.53 bits per heavy atom. The van der Waals surface area contributed by atoms with E-state index in [1.165, 1.54) is 38.1 Å². The molecule has 0 radical (unpaired) electrons. The van der Waals surface area contributed by atoms with Gasteiger partial charge in [0.25, 0.3) is 0 Å². The molecular weight excluding hydrogens is 985 g/mol. The minimum absolute atomic E-state index is 0.0231. The Balaban J connectivity index is 2.25. The van der Waals surface area contributed by atoms with Crippen LogP contribution in [0.3, 0.4) is 0 Å². The molecule has 22 N–H and O–H groups in total. The lowest BCUT2D eigenvalue weighted by molar-refractivity contribution is -0.142. The first-order chi connectivity index (χ1) is 35.4. The van der Waals surface area contributed by atoms with Crippen molar-refractivity contribution < 1.29 is 68.4 Å². The second kappa shape index (κ2) is 32.3. The second-order valence-corrected chi connectivity index (χ2v) is 17.6. The van der Waals surface area contributed by atoms with E-state index in [2.05, 4.69) is 47.5 Å². The van der Waals surface area contributed by atoms with Gasteiger partial charge in [0.1, 0.15) is 54.1 Å². The highest BCUT2D eigenvalue weighted by Crippen LogP contribution is 2.13. The third kappa shape index (κ3) is 23.2. The Morgan fingerprint density at radius 2 is 1.03 bits per heavy atom. The molecule has 0 saturated heterocycles. The maximum absolute atomic E-state index is 14.0. The number of hydrogen-bond acceptors (Lipinski definition) is 16. The van der Waals surface area contributed by atoms with E-state index in [1.807, 2.05) is 0 Å². The highest BCUT2D eigenvalue weighted by atomic mass is 16.4. The number of carbonyl (C=O) groups excluding carboxylic acids is 9. The number of rotatable bonds is 33. The number of aliphatic imine (C=N–C) groups is 1. The van der Waals surface area contributed by atoms with Crippen molar-refractivity contribution in [1.82, 2.24) is 42.5 Å². The second-order valence-electron chi connectivity index (χ2n) is 17.6. The number of aliphatic hydroxyl groups excluding tert-OH is 2. The fourth-order valence-electron chi connectivity index (χ4n) is 6.99. The van der Waals surface area contributed by atoms with Crippen LogP contribution in [0.25, 0.3) is 0 Å². The molecule has 0 aromatic heterocycles. The monoisotopic (exact) mass is 1060 g/mol. The number of primary amides is 1. The molecule has 0 bridgehead atoms. The molecular formula is C47H72N14O14. The number of aliphatic hydroxyl groups is 2. The highest BCUT2D eigenvalue weighted by Gasteiger charge is 2.35. The van der Waals surface area contributed by atoms with Crippen molar-refractivity contribution in [3.63, 3.8) is 0 Å². The number of nitrogens with two attached hydrogens (primary N) is 5. The van der Waals surface area contributed by atoms with Crippen LogP contribution < -0.4 is 71.2 Å². The third-order valence-electron chi connectivity index (χ3n) is 11.2. The van der Waals surface area contributed by atoms with Crippen LogP contribution in [0, 0.1) is 0 Å². The summed E-state index contributed by atoms with van der Waals surface area (Å²) >= 11 is 0. The number of phenols is 1. The molecule has 0 aliphatic rings. The van der Waals surface area contributed by atoms with E-state index in [9.17, 15) is 68.4 Å². The Bertz CT molecular complexity index is 2280. The number of aromatic hydroxyl groups is 1. The average molecular weight is 1060 g/mol. The summed E-state index contributed by atoms with van der Waals surface area (Å²) in [6.07, 6.45) is -1.49. The minimum atomic E-state index is -1.73. The Labute approximate surface area is 432 Å². The van der Waals surface area contributed by atoms with Gasteiger partial charge in [0.05, 0.1) is 25.2 Å². The van der Waals surface area contributed by atoms with Crippen molar-refractivity contribution in [1.29, 1.82) is 0 Å². The molecule has 2 rings (SSSR count). The summed E-state index contributed by atoms with van der Waals surface area (Å²) in [5.41, 5.74) is 28.2. The van der Waals surface area contributed by atoms with Crippen LogP contribution in [0.5, 0.6) is 5.75 Å². The van der Waals surface area contributed by atoms with Crippen LogP contribution in [-0.2, 0) is 60.8 Å². The zero-order valence-corrected chi connectivity index (χ0v) is 42.0. The molecule has 75 heavy (non-hydrogen) atoms. The molecule has 0 saturated carbocycles. The van der Waals surface area contributed by atoms with E-state index >= 15 is 0 Å². The molecule has 0 unspecified atom stereocenters. The summed E-state index contributed by atoms with van der Waals surface area (Å²) < 4.78 is 0. The minimum Gasteiger partial charge on any atom is -0.508 e. The topological polar surface area (TPSA) is 490 Å². The van der Waals surface area contributed by atoms with Gasteiger partial charge in [-0.3, -0.25) is 48.1 Å². The van der Waals surface area contributed by atoms with Gasteiger partial charge >= 0.3 is 5.97 Å². The first-order valence-electron chi connectivity index (χ1n) is 23.9. The molecule has 9 amide bonds. The van der Waals surface area contributed by atoms with Crippen LogP contribution in [0.15, 0.2) is 59.6 Å². The number of carboxylic acid groups (broad SMARTS) is 1. The number of carboxylic acids is 1. The molecule has 0 heterocycles. The van der Waals surface area contributed by atoms with Crippen LogP contribution >= 0.6 is 0 Å². The summed E-state index contributed by atoms with van der Waals surface area (Å²) in [6.45, 7) is 2.91. The summed E-state index contributed by atoms with van der Waals surface area (Å²) in [4.78, 5) is 135. The molecule has 0 spiro atoms. The third-order valence-corrected chi connectivity index (χ3v) is 11.2. The van der Waals surface area contributed by atoms with Gasteiger partial charge < -0.3 is 91.6 Å². The lowest BCUT2D eigenvalue weighted by Crippen LogP contribution is -2.61. The van der Waals surface area contributed by atoms with E-state index in [4.69, 9.17) is 28.7 Å². The van der Waals surface area contributed by atoms with Gasteiger partial charge in [-0.05, 0) is 82.7 Å². The normalized spacial score (nSPS) is 14.9. The summed E-state index contributed by atoms with van der Waals surface area (Å²) in [7, 11) is 0. The Kier molecular flexibility index (Phi) is 27.2. The van der Waals surface area contributed by atoms with E-state index in [0.29, 0.717) is 30.5 Å². The molecule has 28 nitrogen and oxygen atoms in total. The number of amides is 9. The van der Waals surface area contributed by atoms with Crippen molar-refractivity contribution in [2.45, 2.75) is 133 Å². The zero-order chi connectivity index (χ0) is 56.4. The van der Waals surface area contributed by atoms with Gasteiger partial charge in [0.15, 0.2) is 5.96 Å². The smallest absolute Gasteiger partial charge is 0.326 e. The van der Waals surface area contributed by atoms with Gasteiger partial charge in [0.2, 0.25) is 53.2 Å². The number of nitrogens with one attached hydrogen (secondary N) is 8. The lowest BCUT2D eigenvalue weighted by atomic mass is 10.0. The molecule has 2 aromatic rings. The predicted molar refractivity (Wildman–Crippen MR) is 270 cm³/mol. The highest BCUT2D eigenvalue weighted by molar-refractivity contribution is 5.98. The number of phenolic OH excluding ortho intramolecular Hbond substituents is 1. The average Bonchev–Trinajstić information content (AvgIpc) is 3.34. The Hall–Kier alpha value is -7.95. The van der Waals surface area contributed by atoms with Crippen molar-refractivity contribution in [2.24, 2.45) is 33.7 Å². The van der Waals surface area contributed by atoms with Gasteiger partial charge in [0, 0.05) is 19.4 Å². The molecule has 0 aliphatic carbocycles. The van der Waals surface area contributed by atoms with Gasteiger partial charge in [-0.25, -0.2) is 4.79 Å². The van der Waals surface area contributed by atoms with Crippen LogP contribution in [0.1, 0.15) is 70.4 Å². The van der Waals surface area contributed by atoms with Crippen LogP contribution in [0.4, 0.5) is 0 Å². The van der Waals surface area contributed by atoms with E-state index in [-0.39, 0.29) is 50.4 Å². The van der Waals surface area contributed by atoms with Crippen molar-refractivity contribution in [3.05, 3.63) is 65.7 Å². The summed E-state index contributed by atoms with van der Waals surface area (Å²) in [6, 6.07) is 0.623. The first kappa shape index (κ1) is 63.2. The SMILES string of the molecule is C[C@H](NC(=O)[C@H](CO)NC(=O)[C@H](C)NC(=O)[C@H](Cc1ccc(O)cc1)NC(=O)[C@@H](NC(=O)[C@@H](N)CC(N)=O)[C@@H](C)O)C(=O)N[C@@H](CCCN=C(N)N)C(=O)N[C@@H](Cc1ccccc1)C(=O)N[C@@H](CCCCN)C(=O)O. The zero-order valence-electron chi connectivity index (χ0n) is 42.0. The van der Waals surface area contributed by atoms with Crippen LogP contribution in [-0.4, -0.2) is 166 Å². The quantitative estimate of drug-likeness (QED) is 0.0180. The summed E-state index contributed by atoms with van der Waals surface area (Å²) in [5, 5.41) is 59.3. The fraction of sp³-hybridized carbons (Fsp3) is 0.511. The van der Waals surface area contributed by atoms with Gasteiger partial charge in [-0.15, -0.1) is 0 Å². The molecule has 2 aromatic carbocycles. The number of aliphatic carboxylic acids is 1. The molecule has 414 valence electrons. The number of guanidine groups is 1. The van der Waals surface area contributed by atoms with Crippen molar-refractivity contribution >= 4 is 65.1 Å². The van der Waals surface area contributed by atoms with Gasteiger partial charge in [-0.2, -0.15) is 0 Å². The number of benzene rings is 2. The standard InChI is InChI=1S/C47H72N14O14/c1-24(38(66)56-31(13-9-19-53-47(51)52)41(69)58-34(20-27-10-5-4-6-11-27)43(71)57-32(46(74)75)12-7-8-18-48)55-44(72)35(23-62)60-39(67)25(2)54-42(70)33(21-28-14-16-29(64)17-15-28)59-45(73)37(26(3)63)61-40(68)30(49)22-36(50)65/h4-6,10-11,14-17,24-26,30-35,37,62-64H,7-9,12-13,18-23,48-49H2,1-3H3,(H2,50,65)(H,54,70)(H,55,72)(H,56,66)(H,57,71)(H,58,69)(H,59,73)(H,60,67)(H,61,68)(H,74,75)(H4,51,52,53)/t24-,25-,26+,30-,31-,32-,33-,34-,35-,37-/m0/s1. The number of carbonyl (C=O) groups is 10. The fourth-order valence-corrected chi connectivity index (χ4v) is 6.99. The van der Waals surface area contributed by atoms with Crippen molar-refractivity contribution in [3.8, 4) is 5.75 Å². The Morgan fingerprint density at radius 1 is 0.560 bits per heavy atom. The van der Waals surface area contributed by atoms with E-state index in [1.54, 1.807) is 30.3 Å². The summed E-state index contributed by atoms with van der Waals surface area (Å²) in [5.74, 6) is -10.4. The van der Waals surface area contributed by atoms with E-state index in [0.717, 1.165) is 6.92 Å². The predicted octanol–water partition coefficient (Wildman–Crippen LogP) is -6.06. The molecule has 10 atom stereocenters. The van der Waals surface area contributed by atoms with Gasteiger partial charge in [-0.1, -0.05) is 42.5 Å². The number of nitrogens with zero attached hydrogens (tertiary/aromatic N) is 1. The first-order valence-corrected chi connectivity index (χ1v) is 23.9. The molecule has 0 fully saturated rings. The number of unbranched alkanes of at least 4 members (excludes halogenated alkanes) is 1. The number of hydrogen-bond donors (Lipinski definition) is 17. The van der Waals surface area contributed by atoms with Crippen LogP contribution in [0.2, 0.25) is 0 Å². The lowest BCUT2D eigenvalue weighted by Gasteiger charge is -2.27. The maximum Gasteiger partial charge on any atom is 0.326 e. The van der Waals surface area contributed by atoms with E-state index < -0.39 is 133 Å². The van der Waals surface area contributed by atoms with Crippen molar-refractivity contribution in [2.75, 3.05) is 19.7 Å². The molecule has 0 aliphatic heterocycles. The largest absolute Gasteiger partial charge is 0.508 e.